The summed E-state index contributed by atoms with van der Waals surface area (Å²) >= 11 is 0. The smallest absolute Gasteiger partial charge is 0.210 e. The lowest BCUT2D eigenvalue weighted by atomic mass is 10.3. The molecule has 0 amide bonds. The van der Waals surface area contributed by atoms with Crippen LogP contribution in [-0.4, -0.2) is 5.11 Å². The highest BCUT2D eigenvalue weighted by atomic mass is 16.5. The second-order valence-corrected chi connectivity index (χ2v) is 2.11. The van der Waals surface area contributed by atoms with E-state index in [1.807, 2.05) is 0 Å². The fourth-order valence-electron chi connectivity index (χ4n) is 0.912. The maximum atomic E-state index is 9.22. The summed E-state index contributed by atoms with van der Waals surface area (Å²) < 4.78 is 10.0. The summed E-state index contributed by atoms with van der Waals surface area (Å²) in [7, 11) is 0. The molecule has 3 nitrogen and oxygen atoms in total. The summed E-state index contributed by atoms with van der Waals surface area (Å²) in [5.41, 5.74) is 0. The molecule has 0 unspecified atom stereocenters. The maximum Gasteiger partial charge on any atom is 0.210 e. The van der Waals surface area contributed by atoms with E-state index in [9.17, 15) is 5.11 Å². The van der Waals surface area contributed by atoms with Crippen molar-refractivity contribution in [2.45, 2.75) is 0 Å². The maximum absolute atomic E-state index is 9.22. The molecule has 1 aromatic rings. The van der Waals surface area contributed by atoms with Crippen LogP contribution in [0.5, 0.6) is 17.2 Å². The fraction of sp³-hybridized carbons (Fsp3) is 0. The van der Waals surface area contributed by atoms with Crippen molar-refractivity contribution in [2.75, 3.05) is 0 Å². The standard InChI is InChI=1S/C8H6O3/c9-6-2-1-3-7-8(6)11-5-4-10-7/h1-5,9H. The van der Waals surface area contributed by atoms with Gasteiger partial charge in [-0.25, -0.2) is 0 Å². The summed E-state index contributed by atoms with van der Waals surface area (Å²) in [5, 5.41) is 9.22. The third-order valence-corrected chi connectivity index (χ3v) is 1.39. The second-order valence-electron chi connectivity index (χ2n) is 2.11. The van der Waals surface area contributed by atoms with Crippen molar-refractivity contribution in [3.63, 3.8) is 0 Å². The molecule has 11 heavy (non-hydrogen) atoms. The van der Waals surface area contributed by atoms with Gasteiger partial charge in [0, 0.05) is 0 Å². The largest absolute Gasteiger partial charge is 0.504 e. The molecule has 1 aliphatic heterocycles. The van der Waals surface area contributed by atoms with Crippen molar-refractivity contribution < 1.29 is 14.6 Å². The van der Waals surface area contributed by atoms with E-state index >= 15 is 0 Å². The Morgan fingerprint density at radius 2 is 1.91 bits per heavy atom. The third kappa shape index (κ3) is 0.902. The molecule has 1 N–H and O–H groups in total. The number of fused-ring (bicyclic) bond motifs is 1. The Morgan fingerprint density at radius 3 is 2.73 bits per heavy atom. The first-order chi connectivity index (χ1) is 5.38. The minimum absolute atomic E-state index is 0.0897. The van der Waals surface area contributed by atoms with Gasteiger partial charge in [-0.05, 0) is 12.1 Å². The van der Waals surface area contributed by atoms with Gasteiger partial charge in [0.05, 0.1) is 0 Å². The van der Waals surface area contributed by atoms with Gasteiger partial charge in [-0.15, -0.1) is 0 Å². The molecule has 0 radical (unpaired) electrons. The van der Waals surface area contributed by atoms with Crippen LogP contribution >= 0.6 is 0 Å². The molecule has 3 heteroatoms. The van der Waals surface area contributed by atoms with Crippen LogP contribution in [-0.2, 0) is 0 Å². The molecule has 0 aromatic heterocycles. The van der Waals surface area contributed by atoms with Crippen LogP contribution < -0.4 is 9.47 Å². The number of hydrogen-bond donors (Lipinski definition) is 1. The summed E-state index contributed by atoms with van der Waals surface area (Å²) in [6.45, 7) is 0. The Kier molecular flexibility index (Phi) is 1.22. The minimum Gasteiger partial charge on any atom is -0.504 e. The Morgan fingerprint density at radius 1 is 1.09 bits per heavy atom. The molecule has 0 bridgehead atoms. The molecule has 0 saturated carbocycles. The van der Waals surface area contributed by atoms with E-state index in [0.29, 0.717) is 11.5 Å². The quantitative estimate of drug-likeness (QED) is 0.610. The van der Waals surface area contributed by atoms with Crippen molar-refractivity contribution in [3.8, 4) is 17.2 Å². The van der Waals surface area contributed by atoms with E-state index < -0.39 is 0 Å². The molecule has 1 aliphatic rings. The first-order valence-electron chi connectivity index (χ1n) is 3.18. The summed E-state index contributed by atoms with van der Waals surface area (Å²) in [5.74, 6) is 0.995. The van der Waals surface area contributed by atoms with Crippen molar-refractivity contribution in [3.05, 3.63) is 30.7 Å². The molecule has 0 fully saturated rings. The highest BCUT2D eigenvalue weighted by molar-refractivity contribution is 5.51. The van der Waals surface area contributed by atoms with Crippen molar-refractivity contribution >= 4 is 0 Å². The predicted molar refractivity (Wildman–Crippen MR) is 38.5 cm³/mol. The van der Waals surface area contributed by atoms with Crippen molar-refractivity contribution in [1.29, 1.82) is 0 Å². The van der Waals surface area contributed by atoms with Gasteiger partial charge in [0.25, 0.3) is 0 Å². The lowest BCUT2D eigenvalue weighted by molar-refractivity contribution is 0.339. The predicted octanol–water partition coefficient (Wildman–Crippen LogP) is 1.63. The fourth-order valence-corrected chi connectivity index (χ4v) is 0.912. The lowest BCUT2D eigenvalue weighted by Gasteiger charge is -2.12. The van der Waals surface area contributed by atoms with E-state index in [4.69, 9.17) is 9.47 Å². The van der Waals surface area contributed by atoms with E-state index in [1.54, 1.807) is 18.2 Å². The van der Waals surface area contributed by atoms with E-state index in [2.05, 4.69) is 0 Å². The Labute approximate surface area is 63.5 Å². The Hall–Kier alpha value is -1.64. The molecular weight excluding hydrogens is 144 g/mol. The Bertz CT molecular complexity index is 304. The number of rotatable bonds is 0. The van der Waals surface area contributed by atoms with Gasteiger partial charge in [-0.3, -0.25) is 0 Å². The number of para-hydroxylation sites is 1. The second kappa shape index (κ2) is 2.20. The highest BCUT2D eigenvalue weighted by Gasteiger charge is 2.11. The van der Waals surface area contributed by atoms with Crippen LogP contribution in [0.2, 0.25) is 0 Å². The molecule has 1 heterocycles. The van der Waals surface area contributed by atoms with E-state index in [0.717, 1.165) is 0 Å². The van der Waals surface area contributed by atoms with Gasteiger partial charge in [-0.1, -0.05) is 6.07 Å². The Balaban J connectivity index is 2.54. The summed E-state index contributed by atoms with van der Waals surface area (Å²) in [4.78, 5) is 0. The number of benzene rings is 1. The molecule has 0 saturated heterocycles. The zero-order valence-electron chi connectivity index (χ0n) is 5.65. The van der Waals surface area contributed by atoms with E-state index in [1.165, 1.54) is 12.5 Å². The van der Waals surface area contributed by atoms with Gasteiger partial charge in [0.15, 0.2) is 11.5 Å². The zero-order valence-corrected chi connectivity index (χ0v) is 5.65. The first-order valence-corrected chi connectivity index (χ1v) is 3.18. The number of hydrogen-bond acceptors (Lipinski definition) is 3. The SMILES string of the molecule is Oc1cccc2c1OC=CO2. The van der Waals surface area contributed by atoms with Gasteiger partial charge < -0.3 is 14.6 Å². The third-order valence-electron chi connectivity index (χ3n) is 1.39. The highest BCUT2D eigenvalue weighted by Crippen LogP contribution is 2.37. The van der Waals surface area contributed by atoms with Crippen LogP contribution in [0.3, 0.4) is 0 Å². The molecule has 56 valence electrons. The monoisotopic (exact) mass is 150 g/mol. The van der Waals surface area contributed by atoms with Gasteiger partial charge in [0.2, 0.25) is 5.75 Å². The van der Waals surface area contributed by atoms with Crippen LogP contribution in [0, 0.1) is 0 Å². The molecular formula is C8H6O3. The molecule has 0 atom stereocenters. The zero-order chi connectivity index (χ0) is 7.68. The average Bonchev–Trinajstić information content (AvgIpc) is 2.06. The molecule has 0 aliphatic carbocycles. The van der Waals surface area contributed by atoms with E-state index in [-0.39, 0.29) is 5.75 Å². The van der Waals surface area contributed by atoms with Crippen LogP contribution in [0.4, 0.5) is 0 Å². The normalized spacial score (nSPS) is 13.1. The van der Waals surface area contributed by atoms with Crippen LogP contribution in [0.25, 0.3) is 0 Å². The number of phenolic OH excluding ortho intramolecular Hbond substituents is 1. The first kappa shape index (κ1) is 6.09. The molecule has 0 spiro atoms. The number of ether oxygens (including phenoxy) is 2. The topological polar surface area (TPSA) is 38.7 Å². The summed E-state index contributed by atoms with van der Waals surface area (Å²) in [6.07, 6.45) is 2.80. The minimum atomic E-state index is 0.0897. The van der Waals surface area contributed by atoms with Gasteiger partial charge in [-0.2, -0.15) is 0 Å². The van der Waals surface area contributed by atoms with Gasteiger partial charge >= 0.3 is 0 Å². The lowest BCUT2D eigenvalue weighted by Crippen LogP contribution is -1.95. The van der Waals surface area contributed by atoms with Gasteiger partial charge in [0.1, 0.15) is 12.5 Å². The van der Waals surface area contributed by atoms with Crippen LogP contribution in [0.1, 0.15) is 0 Å². The average molecular weight is 150 g/mol. The van der Waals surface area contributed by atoms with Crippen molar-refractivity contribution in [2.24, 2.45) is 0 Å². The number of phenols is 1. The number of aromatic hydroxyl groups is 1. The van der Waals surface area contributed by atoms with Crippen molar-refractivity contribution in [1.82, 2.24) is 0 Å². The molecule has 2 rings (SSSR count). The summed E-state index contributed by atoms with van der Waals surface area (Å²) in [6, 6.07) is 4.95. The van der Waals surface area contributed by atoms with Crippen LogP contribution in [0.15, 0.2) is 30.7 Å². The molecule has 1 aromatic carbocycles.